The van der Waals surface area contributed by atoms with Crippen LogP contribution in [0.5, 0.6) is 0 Å². The zero-order valence-corrected chi connectivity index (χ0v) is 25.6. The van der Waals surface area contributed by atoms with Crippen LogP contribution in [0.15, 0.2) is 176 Å². The summed E-state index contributed by atoms with van der Waals surface area (Å²) in [6, 6.07) is 61.4. The number of fused-ring (bicyclic) bond motifs is 8. The van der Waals surface area contributed by atoms with E-state index < -0.39 is 0 Å². The van der Waals surface area contributed by atoms with Crippen molar-refractivity contribution in [2.24, 2.45) is 0 Å². The van der Waals surface area contributed by atoms with Crippen LogP contribution in [0.2, 0.25) is 0 Å². The monoisotopic (exact) mass is 599 g/mol. The minimum Gasteiger partial charge on any atom is -0.317 e. The zero-order chi connectivity index (χ0) is 30.9. The van der Waals surface area contributed by atoms with Crippen molar-refractivity contribution in [1.29, 1.82) is 0 Å². The second-order valence-corrected chi connectivity index (χ2v) is 12.2. The highest BCUT2D eigenvalue weighted by atomic mass is 15.0. The molecule has 0 unspecified atom stereocenters. The molecule has 3 heterocycles. The largest absolute Gasteiger partial charge is 0.317 e. The SMILES string of the molecule is c1ccc(-c2ccc3c4ccccc4n(-c4ccc(-n5c6ccccc6c6c7ccn(-c8ccccc8)c7ccc65)cc4)c3c2)cc1. The molecule has 10 rings (SSSR count). The molecular formula is C44H29N3. The maximum absolute atomic E-state index is 2.41. The van der Waals surface area contributed by atoms with Gasteiger partial charge < -0.3 is 13.7 Å². The predicted molar refractivity (Wildman–Crippen MR) is 197 cm³/mol. The van der Waals surface area contributed by atoms with Gasteiger partial charge in [0.2, 0.25) is 0 Å². The van der Waals surface area contributed by atoms with Gasteiger partial charge in [-0.15, -0.1) is 0 Å². The molecule has 0 saturated heterocycles. The van der Waals surface area contributed by atoms with Crippen LogP contribution in [0.25, 0.3) is 82.7 Å². The highest BCUT2D eigenvalue weighted by Gasteiger charge is 2.18. The van der Waals surface area contributed by atoms with Crippen molar-refractivity contribution >= 4 is 54.5 Å². The summed E-state index contributed by atoms with van der Waals surface area (Å²) in [6.45, 7) is 0. The number of hydrogen-bond donors (Lipinski definition) is 0. The average Bonchev–Trinajstić information content (AvgIpc) is 3.82. The van der Waals surface area contributed by atoms with E-state index in [1.807, 2.05) is 0 Å². The molecule has 47 heavy (non-hydrogen) atoms. The third kappa shape index (κ3) is 3.87. The standard InChI is InChI=1S/C44H29N3/c1-3-11-30(12-4-1)31-19-24-36-35-15-7-9-17-40(35)47(43(36)29-31)34-22-20-33(21-23-34)46-41-18-10-8-16-37(41)44-38-27-28-45(32-13-5-2-6-14-32)39(38)25-26-42(44)46/h1-29H. The molecule has 0 atom stereocenters. The number of benzene rings is 7. The van der Waals surface area contributed by atoms with Crippen LogP contribution in [0.4, 0.5) is 0 Å². The fourth-order valence-electron chi connectivity index (χ4n) is 7.59. The normalized spacial score (nSPS) is 11.8. The van der Waals surface area contributed by atoms with Crippen LogP contribution in [0.1, 0.15) is 0 Å². The summed E-state index contributed by atoms with van der Waals surface area (Å²) in [5, 5.41) is 6.34. The molecular weight excluding hydrogens is 571 g/mol. The van der Waals surface area contributed by atoms with Crippen molar-refractivity contribution in [3.8, 4) is 28.2 Å². The molecule has 0 radical (unpaired) electrons. The molecule has 3 aromatic heterocycles. The highest BCUT2D eigenvalue weighted by Crippen LogP contribution is 2.39. The maximum Gasteiger partial charge on any atom is 0.0548 e. The van der Waals surface area contributed by atoms with E-state index in [-0.39, 0.29) is 0 Å². The molecule has 0 aliphatic carbocycles. The van der Waals surface area contributed by atoms with E-state index in [0.717, 1.165) is 11.4 Å². The van der Waals surface area contributed by atoms with Crippen LogP contribution in [0, 0.1) is 0 Å². The van der Waals surface area contributed by atoms with Crippen molar-refractivity contribution in [2.75, 3.05) is 0 Å². The minimum absolute atomic E-state index is 1.15. The van der Waals surface area contributed by atoms with E-state index in [9.17, 15) is 0 Å². The topological polar surface area (TPSA) is 14.8 Å². The van der Waals surface area contributed by atoms with Gasteiger partial charge in [0.15, 0.2) is 0 Å². The van der Waals surface area contributed by atoms with Gasteiger partial charge in [0.25, 0.3) is 0 Å². The lowest BCUT2D eigenvalue weighted by Crippen LogP contribution is -1.97. The van der Waals surface area contributed by atoms with Gasteiger partial charge in [-0.1, -0.05) is 97.1 Å². The Bertz CT molecular complexity index is 2760. The van der Waals surface area contributed by atoms with Gasteiger partial charge in [-0.3, -0.25) is 0 Å². The summed E-state index contributed by atoms with van der Waals surface area (Å²) >= 11 is 0. The third-order valence-electron chi connectivity index (χ3n) is 9.69. The van der Waals surface area contributed by atoms with Crippen molar-refractivity contribution in [1.82, 2.24) is 13.7 Å². The molecule has 0 aliphatic rings. The van der Waals surface area contributed by atoms with E-state index in [2.05, 4.69) is 190 Å². The molecule has 0 amide bonds. The molecule has 0 bridgehead atoms. The molecule has 0 saturated carbocycles. The summed E-state index contributed by atoms with van der Waals surface area (Å²) in [5.74, 6) is 0. The van der Waals surface area contributed by atoms with Gasteiger partial charge in [-0.2, -0.15) is 0 Å². The molecule has 7 aromatic carbocycles. The highest BCUT2D eigenvalue weighted by molar-refractivity contribution is 6.21. The van der Waals surface area contributed by atoms with Crippen molar-refractivity contribution < 1.29 is 0 Å². The number of para-hydroxylation sites is 3. The molecule has 220 valence electrons. The fourth-order valence-corrected chi connectivity index (χ4v) is 7.59. The maximum atomic E-state index is 2.41. The average molecular weight is 600 g/mol. The summed E-state index contributed by atoms with van der Waals surface area (Å²) in [7, 11) is 0. The summed E-state index contributed by atoms with van der Waals surface area (Å²) in [4.78, 5) is 0. The van der Waals surface area contributed by atoms with Gasteiger partial charge in [-0.25, -0.2) is 0 Å². The first-order valence-corrected chi connectivity index (χ1v) is 16.1. The molecule has 0 N–H and O–H groups in total. The lowest BCUT2D eigenvalue weighted by Gasteiger charge is -2.12. The van der Waals surface area contributed by atoms with Crippen LogP contribution in [-0.4, -0.2) is 13.7 Å². The van der Waals surface area contributed by atoms with E-state index in [4.69, 9.17) is 0 Å². The molecule has 10 aromatic rings. The second-order valence-electron chi connectivity index (χ2n) is 12.2. The first-order valence-electron chi connectivity index (χ1n) is 16.1. The zero-order valence-electron chi connectivity index (χ0n) is 25.6. The molecule has 0 spiro atoms. The van der Waals surface area contributed by atoms with Gasteiger partial charge >= 0.3 is 0 Å². The van der Waals surface area contributed by atoms with Gasteiger partial charge in [0.05, 0.1) is 27.6 Å². The van der Waals surface area contributed by atoms with Crippen molar-refractivity contribution in [3.05, 3.63) is 176 Å². The van der Waals surface area contributed by atoms with Crippen LogP contribution >= 0.6 is 0 Å². The lowest BCUT2D eigenvalue weighted by molar-refractivity contribution is 1.13. The predicted octanol–water partition coefficient (Wildman–Crippen LogP) is 11.5. The van der Waals surface area contributed by atoms with Crippen LogP contribution in [0.3, 0.4) is 0 Å². The molecule has 0 aliphatic heterocycles. The van der Waals surface area contributed by atoms with Crippen molar-refractivity contribution in [3.63, 3.8) is 0 Å². The van der Waals surface area contributed by atoms with Gasteiger partial charge in [0.1, 0.15) is 0 Å². The van der Waals surface area contributed by atoms with E-state index in [1.54, 1.807) is 0 Å². The lowest BCUT2D eigenvalue weighted by atomic mass is 10.0. The quantitative estimate of drug-likeness (QED) is 0.191. The Morgan fingerprint density at radius 3 is 1.60 bits per heavy atom. The Hall–Kier alpha value is -6.32. The van der Waals surface area contributed by atoms with Gasteiger partial charge in [0, 0.05) is 50.2 Å². The number of hydrogen-bond acceptors (Lipinski definition) is 0. The summed E-state index contributed by atoms with van der Waals surface area (Å²) in [5.41, 5.74) is 12.0. The number of aromatic nitrogens is 3. The van der Waals surface area contributed by atoms with E-state index in [1.165, 1.54) is 71.3 Å². The van der Waals surface area contributed by atoms with Crippen LogP contribution in [-0.2, 0) is 0 Å². The van der Waals surface area contributed by atoms with Crippen molar-refractivity contribution in [2.45, 2.75) is 0 Å². The number of rotatable bonds is 4. The Balaban J connectivity index is 1.16. The first-order chi connectivity index (χ1) is 23.3. The third-order valence-corrected chi connectivity index (χ3v) is 9.69. The van der Waals surface area contributed by atoms with E-state index >= 15 is 0 Å². The van der Waals surface area contributed by atoms with Crippen LogP contribution < -0.4 is 0 Å². The summed E-state index contributed by atoms with van der Waals surface area (Å²) < 4.78 is 7.10. The number of nitrogens with zero attached hydrogens (tertiary/aromatic N) is 3. The Kier molecular flexibility index (Phi) is 5.57. The smallest absolute Gasteiger partial charge is 0.0548 e. The Morgan fingerprint density at radius 1 is 0.298 bits per heavy atom. The van der Waals surface area contributed by atoms with E-state index in [0.29, 0.717) is 0 Å². The van der Waals surface area contributed by atoms with Gasteiger partial charge in [-0.05, 0) is 83.9 Å². The molecule has 3 heteroatoms. The fraction of sp³-hybridized carbons (Fsp3) is 0. The molecule has 0 fully saturated rings. The minimum atomic E-state index is 1.15. The summed E-state index contributed by atoms with van der Waals surface area (Å²) in [6.07, 6.45) is 2.19. The Labute approximate surface area is 271 Å². The first kappa shape index (κ1) is 26.0. The second kappa shape index (κ2) is 10.1. The molecule has 3 nitrogen and oxygen atoms in total. The Morgan fingerprint density at radius 2 is 0.851 bits per heavy atom.